The van der Waals surface area contributed by atoms with E-state index in [0.29, 0.717) is 12.0 Å². The highest BCUT2D eigenvalue weighted by Gasteiger charge is 2.68. The van der Waals surface area contributed by atoms with Gasteiger partial charge >= 0.3 is 0 Å². The van der Waals surface area contributed by atoms with Gasteiger partial charge in [-0.3, -0.25) is 10.1 Å². The molecule has 4 aliphatic carbocycles. The van der Waals surface area contributed by atoms with E-state index < -0.39 is 0 Å². The number of epoxide rings is 1. The zero-order valence-corrected chi connectivity index (χ0v) is 11.8. The third-order valence-electron chi connectivity index (χ3n) is 7.40. The quantitative estimate of drug-likeness (QED) is 0.421. The molecule has 20 heavy (non-hydrogen) atoms. The summed E-state index contributed by atoms with van der Waals surface area (Å²) in [5.41, 5.74) is 0. The largest absolute Gasteiger partial charge is 0.369 e. The van der Waals surface area contributed by atoms with Gasteiger partial charge < -0.3 is 4.74 Å². The molecule has 0 bridgehead atoms. The van der Waals surface area contributed by atoms with Crippen molar-refractivity contribution in [3.8, 4) is 0 Å². The molecule has 4 heteroatoms. The molecule has 1 heterocycles. The lowest BCUT2D eigenvalue weighted by molar-refractivity contribution is -0.541. The van der Waals surface area contributed by atoms with Crippen molar-refractivity contribution in [2.75, 3.05) is 0 Å². The van der Waals surface area contributed by atoms with Crippen LogP contribution in [0.15, 0.2) is 0 Å². The maximum absolute atomic E-state index is 11.5. The van der Waals surface area contributed by atoms with E-state index in [1.54, 1.807) is 0 Å². The monoisotopic (exact) mass is 277 g/mol. The molecular weight excluding hydrogens is 254 g/mol. The molecule has 0 radical (unpaired) electrons. The van der Waals surface area contributed by atoms with Crippen LogP contribution in [0.2, 0.25) is 0 Å². The number of rotatable bonds is 1. The minimum atomic E-state index is -0.312. The van der Waals surface area contributed by atoms with Crippen LogP contribution in [0.4, 0.5) is 0 Å². The van der Waals surface area contributed by atoms with Crippen molar-refractivity contribution in [2.24, 2.45) is 35.5 Å². The van der Waals surface area contributed by atoms with Crippen molar-refractivity contribution >= 4 is 0 Å². The topological polar surface area (TPSA) is 55.7 Å². The minimum absolute atomic E-state index is 0.0202. The lowest BCUT2D eigenvalue weighted by Gasteiger charge is -2.55. The average molecular weight is 277 g/mol. The maximum Gasteiger partial charge on any atom is 0.218 e. The second kappa shape index (κ2) is 3.96. The zero-order valence-electron chi connectivity index (χ0n) is 11.8. The molecule has 5 aliphatic rings. The van der Waals surface area contributed by atoms with E-state index in [2.05, 4.69) is 0 Å². The van der Waals surface area contributed by atoms with Gasteiger partial charge in [0.15, 0.2) is 0 Å². The summed E-state index contributed by atoms with van der Waals surface area (Å²) in [5.74, 6) is 3.99. The standard InChI is InChI=1S/C16H23NO3/c18-17(19)11-7-6-9-5-4-8-2-1-3-10-12(8)13(9)14(11)16-15(10)20-16/h8-16H,1-7H2. The van der Waals surface area contributed by atoms with Crippen molar-refractivity contribution in [3.63, 3.8) is 0 Å². The van der Waals surface area contributed by atoms with Crippen LogP contribution in [-0.4, -0.2) is 23.2 Å². The van der Waals surface area contributed by atoms with Gasteiger partial charge in [-0.1, -0.05) is 12.8 Å². The summed E-state index contributed by atoms with van der Waals surface area (Å²) in [6.45, 7) is 0. The van der Waals surface area contributed by atoms with Crippen LogP contribution in [-0.2, 0) is 4.74 Å². The molecular formula is C16H23NO3. The lowest BCUT2D eigenvalue weighted by Crippen LogP contribution is -2.57. The predicted octanol–water partition coefficient (Wildman–Crippen LogP) is 2.88. The summed E-state index contributed by atoms with van der Waals surface area (Å²) in [6, 6.07) is -0.312. The van der Waals surface area contributed by atoms with E-state index in [0.717, 1.165) is 36.5 Å². The number of hydrogen-bond acceptors (Lipinski definition) is 3. The number of ether oxygens (including phenoxy) is 1. The summed E-state index contributed by atoms with van der Waals surface area (Å²) in [7, 11) is 0. The Morgan fingerprint density at radius 2 is 1.60 bits per heavy atom. The summed E-state index contributed by atoms with van der Waals surface area (Å²) in [4.78, 5) is 11.5. The number of hydrogen-bond donors (Lipinski definition) is 0. The molecule has 9 atom stereocenters. The van der Waals surface area contributed by atoms with E-state index in [1.165, 1.54) is 32.1 Å². The molecule has 9 unspecified atom stereocenters. The Morgan fingerprint density at radius 3 is 2.40 bits per heavy atom. The van der Waals surface area contributed by atoms with Crippen LogP contribution in [0.25, 0.3) is 0 Å². The number of fused-ring (bicyclic) bond motifs is 3. The smallest absolute Gasteiger partial charge is 0.218 e. The Bertz CT molecular complexity index is 453. The van der Waals surface area contributed by atoms with Crippen LogP contribution in [0.3, 0.4) is 0 Å². The predicted molar refractivity (Wildman–Crippen MR) is 72.7 cm³/mol. The second-order valence-corrected chi connectivity index (χ2v) is 7.92. The fourth-order valence-electron chi connectivity index (χ4n) is 6.82. The summed E-state index contributed by atoms with van der Waals surface area (Å²) in [6.07, 6.45) is 9.30. The van der Waals surface area contributed by atoms with Gasteiger partial charge in [0.2, 0.25) is 6.04 Å². The average Bonchev–Trinajstić information content (AvgIpc) is 3.25. The normalized spacial score (nSPS) is 59.3. The van der Waals surface area contributed by atoms with Crippen LogP contribution in [0.5, 0.6) is 0 Å². The van der Waals surface area contributed by atoms with Crippen molar-refractivity contribution < 1.29 is 9.66 Å². The van der Waals surface area contributed by atoms with Crippen LogP contribution in [0.1, 0.15) is 44.9 Å². The van der Waals surface area contributed by atoms with Gasteiger partial charge in [-0.2, -0.15) is 0 Å². The Labute approximate surface area is 119 Å². The van der Waals surface area contributed by atoms with Gasteiger partial charge in [-0.25, -0.2) is 0 Å². The Kier molecular flexibility index (Phi) is 2.37. The third-order valence-corrected chi connectivity index (χ3v) is 7.40. The SMILES string of the molecule is O=[N+]([O-])C1CCC2CCC3CCCC4C5OC5C1C2C34. The Balaban J connectivity index is 1.56. The van der Waals surface area contributed by atoms with Crippen LogP contribution < -0.4 is 0 Å². The first-order chi connectivity index (χ1) is 9.75. The van der Waals surface area contributed by atoms with Gasteiger partial charge in [0, 0.05) is 11.3 Å². The lowest BCUT2D eigenvalue weighted by atomic mass is 9.47. The van der Waals surface area contributed by atoms with Gasteiger partial charge in [0.1, 0.15) is 0 Å². The molecule has 4 nitrogen and oxygen atoms in total. The highest BCUT2D eigenvalue weighted by atomic mass is 16.6. The van der Waals surface area contributed by atoms with E-state index >= 15 is 0 Å². The van der Waals surface area contributed by atoms with E-state index in [-0.39, 0.29) is 23.0 Å². The van der Waals surface area contributed by atoms with Crippen LogP contribution >= 0.6 is 0 Å². The molecule has 0 aromatic heterocycles. The summed E-state index contributed by atoms with van der Waals surface area (Å²) < 4.78 is 6.02. The molecule has 0 amide bonds. The Morgan fingerprint density at radius 1 is 0.850 bits per heavy atom. The second-order valence-electron chi connectivity index (χ2n) is 7.92. The molecule has 4 saturated carbocycles. The highest BCUT2D eigenvalue weighted by molar-refractivity contribution is 5.14. The van der Waals surface area contributed by atoms with Gasteiger partial charge in [0.05, 0.1) is 18.1 Å². The summed E-state index contributed by atoms with van der Waals surface area (Å²) >= 11 is 0. The molecule has 0 aromatic rings. The van der Waals surface area contributed by atoms with Crippen molar-refractivity contribution in [1.29, 1.82) is 0 Å². The first-order valence-electron chi connectivity index (χ1n) is 8.54. The Hall–Kier alpha value is -0.640. The number of nitrogens with zero attached hydrogens (tertiary/aromatic N) is 1. The van der Waals surface area contributed by atoms with E-state index in [9.17, 15) is 10.1 Å². The summed E-state index contributed by atoms with van der Waals surface area (Å²) in [5, 5.41) is 11.5. The van der Waals surface area contributed by atoms with Gasteiger partial charge in [-0.05, 0) is 55.3 Å². The molecule has 5 fully saturated rings. The van der Waals surface area contributed by atoms with Crippen LogP contribution in [0, 0.1) is 45.6 Å². The molecule has 0 spiro atoms. The molecule has 110 valence electrons. The minimum Gasteiger partial charge on any atom is -0.369 e. The molecule has 1 aliphatic heterocycles. The molecule has 0 aromatic carbocycles. The maximum atomic E-state index is 11.5. The highest BCUT2D eigenvalue weighted by Crippen LogP contribution is 2.64. The van der Waals surface area contributed by atoms with Crippen molar-refractivity contribution in [2.45, 2.75) is 63.2 Å². The number of nitro groups is 1. The van der Waals surface area contributed by atoms with Crippen molar-refractivity contribution in [1.82, 2.24) is 0 Å². The first-order valence-corrected chi connectivity index (χ1v) is 8.54. The molecule has 1 saturated heterocycles. The zero-order chi connectivity index (χ0) is 13.4. The van der Waals surface area contributed by atoms with E-state index in [4.69, 9.17) is 4.74 Å². The molecule has 0 N–H and O–H groups in total. The van der Waals surface area contributed by atoms with Gasteiger partial charge in [-0.15, -0.1) is 0 Å². The van der Waals surface area contributed by atoms with Gasteiger partial charge in [0.25, 0.3) is 0 Å². The third kappa shape index (κ3) is 1.41. The molecule has 5 rings (SSSR count). The van der Waals surface area contributed by atoms with E-state index in [1.807, 2.05) is 0 Å². The fourth-order valence-corrected chi connectivity index (χ4v) is 6.82. The fraction of sp³-hybridized carbons (Fsp3) is 1.00. The van der Waals surface area contributed by atoms with Crippen molar-refractivity contribution in [3.05, 3.63) is 10.1 Å². The first kappa shape index (κ1) is 12.0.